The van der Waals surface area contributed by atoms with Gasteiger partial charge in [-0.15, -0.1) is 11.3 Å². The van der Waals surface area contributed by atoms with E-state index in [4.69, 9.17) is 4.74 Å². The molecule has 6 nitrogen and oxygen atoms in total. The van der Waals surface area contributed by atoms with E-state index in [1.165, 1.54) is 47.9 Å². The Morgan fingerprint density at radius 3 is 2.78 bits per heavy atom. The van der Waals surface area contributed by atoms with Crippen LogP contribution in [0.15, 0.2) is 69.8 Å². The minimum Gasteiger partial charge on any atom is -0.469 e. The number of fused-ring (bicyclic) bond motifs is 1. The molecule has 1 aliphatic rings. The van der Waals surface area contributed by atoms with Gasteiger partial charge in [0.1, 0.15) is 20.0 Å². The summed E-state index contributed by atoms with van der Waals surface area (Å²) in [5, 5.41) is 3.75. The van der Waals surface area contributed by atoms with E-state index in [1.54, 1.807) is 22.0 Å². The van der Waals surface area contributed by atoms with E-state index in [2.05, 4.69) is 16.7 Å². The standard InChI is InChI=1S/C26H23FN3O3S3/c1-28-19-9-8-18(27)14-20(19)35-26(28)24-25(32)30(11-10-23(31)33-2)22(36-24)15-21-29(12-13-34-21)16-17-6-4-3-5-7-17/h3-9,12-15H,10-11,16H2,1-2H3/q+1. The first-order valence-corrected chi connectivity index (χ1v) is 13.7. The van der Waals surface area contributed by atoms with Crippen LogP contribution in [0.5, 0.6) is 0 Å². The lowest BCUT2D eigenvalue weighted by atomic mass is 10.2. The highest BCUT2D eigenvalue weighted by atomic mass is 32.2. The van der Waals surface area contributed by atoms with E-state index in [9.17, 15) is 14.0 Å². The maximum absolute atomic E-state index is 13.8. The molecule has 36 heavy (non-hydrogen) atoms. The molecule has 0 saturated heterocycles. The molecular weight excluding hydrogens is 518 g/mol. The number of methoxy groups -OCH3 is 1. The number of rotatable bonds is 6. The summed E-state index contributed by atoms with van der Waals surface area (Å²) < 4.78 is 23.7. The third-order valence-corrected chi connectivity index (χ3v) is 9.14. The van der Waals surface area contributed by atoms with Crippen molar-refractivity contribution in [3.05, 3.63) is 96.0 Å². The normalized spacial score (nSPS) is 14.9. The van der Waals surface area contributed by atoms with Gasteiger partial charge in [-0.05, 0) is 18.2 Å². The number of carbonyl (C=O) groups is 1. The Kier molecular flexibility index (Phi) is 7.08. The van der Waals surface area contributed by atoms with Crippen LogP contribution in [0.4, 0.5) is 10.1 Å². The van der Waals surface area contributed by atoms with Gasteiger partial charge in [-0.1, -0.05) is 53.4 Å². The largest absolute Gasteiger partial charge is 0.469 e. The first-order valence-electron chi connectivity index (χ1n) is 11.2. The predicted octanol–water partition coefficient (Wildman–Crippen LogP) is 3.15. The molecule has 184 valence electrons. The lowest BCUT2D eigenvalue weighted by Crippen LogP contribution is -2.36. The summed E-state index contributed by atoms with van der Waals surface area (Å²) in [7, 11) is 3.21. The van der Waals surface area contributed by atoms with Gasteiger partial charge >= 0.3 is 5.97 Å². The summed E-state index contributed by atoms with van der Waals surface area (Å²) in [6, 6.07) is 14.8. The molecule has 0 N–H and O–H groups in total. The lowest BCUT2D eigenvalue weighted by Gasteiger charge is -2.12. The summed E-state index contributed by atoms with van der Waals surface area (Å²) in [4.78, 5) is 28.2. The van der Waals surface area contributed by atoms with Crippen LogP contribution >= 0.6 is 34.4 Å². The Bertz CT molecular complexity index is 1610. The first-order chi connectivity index (χ1) is 17.4. The molecule has 0 aliphatic carbocycles. The van der Waals surface area contributed by atoms with E-state index in [-0.39, 0.29) is 30.3 Å². The Balaban J connectivity index is 1.62. The molecule has 4 aromatic rings. The van der Waals surface area contributed by atoms with Crippen molar-refractivity contribution in [2.45, 2.75) is 24.4 Å². The van der Waals surface area contributed by atoms with Crippen molar-refractivity contribution in [3.63, 3.8) is 0 Å². The average molecular weight is 541 g/mol. The van der Waals surface area contributed by atoms with Crippen molar-refractivity contribution in [2.24, 2.45) is 0 Å². The number of nitrogens with zero attached hydrogens (tertiary/aromatic N) is 3. The van der Waals surface area contributed by atoms with Gasteiger partial charge in [0, 0.05) is 24.1 Å². The van der Waals surface area contributed by atoms with Gasteiger partial charge in [0.25, 0.3) is 10.6 Å². The van der Waals surface area contributed by atoms with Crippen molar-refractivity contribution >= 4 is 57.2 Å². The molecule has 10 heteroatoms. The summed E-state index contributed by atoms with van der Waals surface area (Å²) in [6.07, 6.45) is 4.11. The second-order valence-corrected chi connectivity index (χ2v) is 11.1. The quantitative estimate of drug-likeness (QED) is 0.278. The highest BCUT2D eigenvalue weighted by Crippen LogP contribution is 2.45. The number of benzene rings is 2. The Morgan fingerprint density at radius 1 is 1.19 bits per heavy atom. The molecular formula is C26H23FN3O3S3+. The fraction of sp³-hybridized carbons (Fsp3) is 0.192. The number of aromatic nitrogens is 2. The third-order valence-electron chi connectivity index (χ3n) is 5.82. The number of anilines is 1. The highest BCUT2D eigenvalue weighted by Gasteiger charge is 2.25. The van der Waals surface area contributed by atoms with Gasteiger partial charge in [0.2, 0.25) is 0 Å². The number of ether oxygens (including phenoxy) is 1. The van der Waals surface area contributed by atoms with Gasteiger partial charge in [0.05, 0.1) is 30.7 Å². The smallest absolute Gasteiger partial charge is 0.307 e. The molecule has 3 heterocycles. The number of halogens is 1. The summed E-state index contributed by atoms with van der Waals surface area (Å²) in [5.74, 6) is -0.689. The Hall–Kier alpha value is -3.21. The highest BCUT2D eigenvalue weighted by molar-refractivity contribution is 8.08. The van der Waals surface area contributed by atoms with Crippen LogP contribution in [0.1, 0.15) is 17.0 Å². The van der Waals surface area contributed by atoms with Crippen molar-refractivity contribution in [2.75, 3.05) is 19.1 Å². The summed E-state index contributed by atoms with van der Waals surface area (Å²) in [6.45, 7) is 0.915. The molecule has 5 rings (SSSR count). The number of esters is 1. The molecule has 2 aromatic heterocycles. The summed E-state index contributed by atoms with van der Waals surface area (Å²) >= 11 is 4.34. The average Bonchev–Trinajstić information content (AvgIpc) is 3.54. The van der Waals surface area contributed by atoms with Crippen LogP contribution in [0, 0.1) is 5.82 Å². The number of hydrogen-bond donors (Lipinski definition) is 0. The van der Waals surface area contributed by atoms with E-state index in [0.29, 0.717) is 11.1 Å². The Labute approximate surface area is 219 Å². The van der Waals surface area contributed by atoms with Crippen LogP contribution < -0.4 is 24.2 Å². The minimum atomic E-state index is -0.376. The zero-order chi connectivity index (χ0) is 25.2. The number of hydrogen-bond acceptors (Lipinski definition) is 7. The predicted molar refractivity (Wildman–Crippen MR) is 142 cm³/mol. The fourth-order valence-electron chi connectivity index (χ4n) is 3.96. The van der Waals surface area contributed by atoms with Crippen molar-refractivity contribution in [1.29, 1.82) is 0 Å². The Morgan fingerprint density at radius 2 is 2.00 bits per heavy atom. The summed E-state index contributed by atoms with van der Waals surface area (Å²) in [5.41, 5.74) is 1.86. The minimum absolute atomic E-state index is 0.0889. The van der Waals surface area contributed by atoms with Crippen molar-refractivity contribution < 1.29 is 18.5 Å². The molecule has 0 amide bonds. The SMILES string of the molecule is COC(=O)CCn1c(=Cc2scc[n+]2Cc2ccccc2)sc(=C2Sc3cc(F)ccc3N2C)c1=O. The van der Waals surface area contributed by atoms with Crippen LogP contribution in [-0.4, -0.2) is 24.7 Å². The van der Waals surface area contributed by atoms with E-state index >= 15 is 0 Å². The number of thioether (sulfide) groups is 1. The van der Waals surface area contributed by atoms with Crippen LogP contribution in [0.2, 0.25) is 0 Å². The zero-order valence-electron chi connectivity index (χ0n) is 19.6. The van der Waals surface area contributed by atoms with E-state index < -0.39 is 0 Å². The van der Waals surface area contributed by atoms with Crippen LogP contribution in [0.25, 0.3) is 11.1 Å². The molecule has 0 fully saturated rings. The van der Waals surface area contributed by atoms with Crippen molar-refractivity contribution in [1.82, 2.24) is 4.57 Å². The molecule has 2 aromatic carbocycles. The molecule has 0 unspecified atom stereocenters. The fourth-order valence-corrected chi connectivity index (χ4v) is 7.26. The van der Waals surface area contributed by atoms with Crippen molar-refractivity contribution in [3.8, 4) is 0 Å². The number of thiazole rings is 2. The monoisotopic (exact) mass is 540 g/mol. The van der Waals surface area contributed by atoms with Crippen LogP contribution in [0.3, 0.4) is 0 Å². The van der Waals surface area contributed by atoms with E-state index in [0.717, 1.165) is 25.3 Å². The van der Waals surface area contributed by atoms with Crippen LogP contribution in [-0.2, 0) is 22.6 Å². The molecule has 1 aliphatic heterocycles. The zero-order valence-corrected chi connectivity index (χ0v) is 22.1. The second kappa shape index (κ2) is 10.4. The molecule has 0 saturated carbocycles. The molecule has 0 atom stereocenters. The van der Waals surface area contributed by atoms with Gasteiger partial charge in [-0.3, -0.25) is 14.2 Å². The maximum atomic E-state index is 13.8. The van der Waals surface area contributed by atoms with Gasteiger partial charge in [-0.2, -0.15) is 4.57 Å². The van der Waals surface area contributed by atoms with Gasteiger partial charge < -0.3 is 9.64 Å². The molecule has 0 radical (unpaired) electrons. The number of carbonyl (C=O) groups excluding carboxylic acids is 1. The molecule has 0 spiro atoms. The van der Waals surface area contributed by atoms with Gasteiger partial charge in [0.15, 0.2) is 12.7 Å². The molecule has 0 bridgehead atoms. The van der Waals surface area contributed by atoms with E-state index in [1.807, 2.05) is 47.8 Å². The lowest BCUT2D eigenvalue weighted by molar-refractivity contribution is -0.685. The topological polar surface area (TPSA) is 55.4 Å². The second-order valence-electron chi connectivity index (χ2n) is 8.13. The maximum Gasteiger partial charge on any atom is 0.307 e. The van der Waals surface area contributed by atoms with Gasteiger partial charge in [-0.25, -0.2) is 4.39 Å². The third kappa shape index (κ3) is 4.88. The first kappa shape index (κ1) is 24.5.